The highest BCUT2D eigenvalue weighted by Gasteiger charge is 2.44. The first-order valence-corrected chi connectivity index (χ1v) is 8.04. The predicted molar refractivity (Wildman–Crippen MR) is 85.5 cm³/mol. The maximum atomic E-state index is 13.5. The second kappa shape index (κ2) is 5.92. The summed E-state index contributed by atoms with van der Waals surface area (Å²) in [5, 5.41) is -0.224. The van der Waals surface area contributed by atoms with Crippen molar-refractivity contribution in [3.05, 3.63) is 39.7 Å². The normalized spacial score (nSPS) is 20.7. The number of anilines is 1. The second-order valence-corrected chi connectivity index (χ2v) is 6.46. The van der Waals surface area contributed by atoms with E-state index >= 15 is 0 Å². The van der Waals surface area contributed by atoms with Gasteiger partial charge in [0.1, 0.15) is 6.54 Å². The van der Waals surface area contributed by atoms with Gasteiger partial charge in [0.05, 0.1) is 5.56 Å². The molecule has 2 atom stereocenters. The molecule has 0 amide bonds. The molecule has 0 saturated carbocycles. The van der Waals surface area contributed by atoms with Crippen molar-refractivity contribution >= 4 is 16.6 Å². The largest absolute Gasteiger partial charge is 0.417 e. The molecule has 2 heterocycles. The molecule has 1 aliphatic heterocycles. The van der Waals surface area contributed by atoms with Gasteiger partial charge in [0.15, 0.2) is 0 Å². The van der Waals surface area contributed by atoms with Gasteiger partial charge in [-0.05, 0) is 31.0 Å². The van der Waals surface area contributed by atoms with Crippen LogP contribution in [0.25, 0.3) is 10.9 Å². The van der Waals surface area contributed by atoms with Crippen LogP contribution in [0.3, 0.4) is 0 Å². The van der Waals surface area contributed by atoms with Gasteiger partial charge in [-0.15, -0.1) is 0 Å². The number of halogens is 6. The van der Waals surface area contributed by atoms with Crippen LogP contribution in [0.5, 0.6) is 0 Å². The maximum absolute atomic E-state index is 13.5. The van der Waals surface area contributed by atoms with E-state index in [0.717, 1.165) is 4.90 Å². The Bertz CT molecular complexity index is 899. The summed E-state index contributed by atoms with van der Waals surface area (Å²) in [4.78, 5) is 15.1. The number of aromatic nitrogens is 1. The Morgan fingerprint density at radius 3 is 2.35 bits per heavy atom. The molecule has 1 aromatic carbocycles. The van der Waals surface area contributed by atoms with Crippen LogP contribution in [0.2, 0.25) is 0 Å². The molecule has 0 aliphatic carbocycles. The number of benzene rings is 1. The molecule has 0 radical (unpaired) electrons. The topological polar surface area (TPSA) is 36.1 Å². The smallest absolute Gasteiger partial charge is 0.359 e. The lowest BCUT2D eigenvalue weighted by Gasteiger charge is -2.28. The molecule has 1 aliphatic rings. The van der Waals surface area contributed by atoms with Gasteiger partial charge < -0.3 is 9.88 Å². The molecule has 1 aromatic heterocycles. The van der Waals surface area contributed by atoms with Gasteiger partial charge in [0.2, 0.25) is 5.56 Å². The van der Waals surface area contributed by atoms with E-state index in [1.54, 1.807) is 13.8 Å². The number of nitrogens with zero attached hydrogens (tertiary/aromatic N) is 1. The van der Waals surface area contributed by atoms with Crippen molar-refractivity contribution in [2.45, 2.75) is 44.6 Å². The monoisotopic (exact) mass is 378 g/mol. The first-order valence-electron chi connectivity index (χ1n) is 8.04. The summed E-state index contributed by atoms with van der Waals surface area (Å²) in [6.45, 7) is 2.05. The van der Waals surface area contributed by atoms with Crippen molar-refractivity contribution in [1.82, 2.24) is 4.98 Å². The molecule has 2 aromatic rings. The molecule has 26 heavy (non-hydrogen) atoms. The fourth-order valence-corrected chi connectivity index (χ4v) is 3.87. The van der Waals surface area contributed by atoms with Crippen LogP contribution in [-0.4, -0.2) is 23.7 Å². The lowest BCUT2D eigenvalue weighted by atomic mass is 9.89. The average Bonchev–Trinajstić information content (AvgIpc) is 2.75. The van der Waals surface area contributed by atoms with E-state index < -0.39 is 42.0 Å². The summed E-state index contributed by atoms with van der Waals surface area (Å²) < 4.78 is 79.5. The highest BCUT2D eigenvalue weighted by Crippen LogP contribution is 2.49. The Labute approximate surface area is 144 Å². The Morgan fingerprint density at radius 1 is 1.15 bits per heavy atom. The van der Waals surface area contributed by atoms with Crippen LogP contribution < -0.4 is 10.5 Å². The Balaban J connectivity index is 2.35. The van der Waals surface area contributed by atoms with Crippen LogP contribution in [0.1, 0.15) is 37.3 Å². The summed E-state index contributed by atoms with van der Waals surface area (Å²) >= 11 is 0. The third kappa shape index (κ3) is 3.03. The number of hydrogen-bond donors (Lipinski definition) is 1. The Morgan fingerprint density at radius 2 is 1.81 bits per heavy atom. The van der Waals surface area contributed by atoms with Crippen molar-refractivity contribution in [2.24, 2.45) is 0 Å². The first-order chi connectivity index (χ1) is 11.9. The zero-order valence-corrected chi connectivity index (χ0v) is 13.9. The molecule has 3 rings (SSSR count). The van der Waals surface area contributed by atoms with Gasteiger partial charge >= 0.3 is 12.4 Å². The SMILES string of the molecule is CCC1c2c(ccc3[nH]c(=O)cc(C(F)(F)F)c23)N(CC(F)(F)F)C1C. The molecular weight excluding hydrogens is 362 g/mol. The van der Waals surface area contributed by atoms with Crippen LogP contribution in [0.4, 0.5) is 32.0 Å². The van der Waals surface area contributed by atoms with Gasteiger partial charge in [-0.3, -0.25) is 4.79 Å². The fourth-order valence-electron chi connectivity index (χ4n) is 3.87. The van der Waals surface area contributed by atoms with Crippen molar-refractivity contribution in [3.63, 3.8) is 0 Å². The van der Waals surface area contributed by atoms with Crippen molar-refractivity contribution in [1.29, 1.82) is 0 Å². The van der Waals surface area contributed by atoms with E-state index in [1.807, 2.05) is 0 Å². The average molecular weight is 378 g/mol. The third-order valence-electron chi connectivity index (χ3n) is 4.87. The summed E-state index contributed by atoms with van der Waals surface area (Å²) in [6.07, 6.45) is -8.90. The van der Waals surface area contributed by atoms with Crippen LogP contribution in [0, 0.1) is 0 Å². The van der Waals surface area contributed by atoms with Crippen LogP contribution in [0.15, 0.2) is 23.0 Å². The van der Waals surface area contributed by atoms with Crippen LogP contribution in [-0.2, 0) is 6.18 Å². The lowest BCUT2D eigenvalue weighted by molar-refractivity contribution is -0.136. The zero-order chi connectivity index (χ0) is 19.4. The standard InChI is InChI=1S/C17H16F6N2O/c1-3-9-8(2)25(7-16(18,19)20)12-5-4-11-15(14(9)12)10(17(21,22)23)6-13(26)24-11/h4-6,8-9H,3,7H2,1-2H3,(H,24,26). The minimum atomic E-state index is -4.79. The fraction of sp³-hybridized carbons (Fsp3) is 0.471. The molecule has 0 spiro atoms. The first kappa shape index (κ1) is 18.6. The van der Waals surface area contributed by atoms with E-state index in [1.165, 1.54) is 12.1 Å². The van der Waals surface area contributed by atoms with E-state index in [-0.39, 0.29) is 22.2 Å². The summed E-state index contributed by atoms with van der Waals surface area (Å²) in [6, 6.07) is 2.44. The van der Waals surface area contributed by atoms with Gasteiger partial charge in [0.25, 0.3) is 0 Å². The minimum absolute atomic E-state index is 0.0249. The van der Waals surface area contributed by atoms with Crippen molar-refractivity contribution in [2.75, 3.05) is 11.4 Å². The van der Waals surface area contributed by atoms with Gasteiger partial charge in [-0.25, -0.2) is 0 Å². The predicted octanol–water partition coefficient (Wildman–Crippen LogP) is 4.81. The summed E-state index contributed by atoms with van der Waals surface area (Å²) in [5.41, 5.74) is -1.70. The van der Waals surface area contributed by atoms with E-state index in [4.69, 9.17) is 0 Å². The summed E-state index contributed by atoms with van der Waals surface area (Å²) in [5.74, 6) is -0.511. The summed E-state index contributed by atoms with van der Waals surface area (Å²) in [7, 11) is 0. The maximum Gasteiger partial charge on any atom is 0.417 e. The van der Waals surface area contributed by atoms with Crippen molar-refractivity contribution < 1.29 is 26.3 Å². The quantitative estimate of drug-likeness (QED) is 0.762. The number of aromatic amines is 1. The molecule has 3 nitrogen and oxygen atoms in total. The number of fused-ring (bicyclic) bond motifs is 3. The van der Waals surface area contributed by atoms with E-state index in [2.05, 4.69) is 4.98 Å². The lowest BCUT2D eigenvalue weighted by Crippen LogP contribution is -2.39. The number of H-pyrrole nitrogens is 1. The van der Waals surface area contributed by atoms with Gasteiger partial charge in [-0.1, -0.05) is 6.92 Å². The Kier molecular flexibility index (Phi) is 4.23. The highest BCUT2D eigenvalue weighted by atomic mass is 19.4. The number of alkyl halides is 6. The molecule has 0 saturated heterocycles. The highest BCUT2D eigenvalue weighted by molar-refractivity contribution is 5.93. The number of nitrogens with one attached hydrogen (secondary N) is 1. The number of hydrogen-bond acceptors (Lipinski definition) is 2. The van der Waals surface area contributed by atoms with Crippen molar-refractivity contribution in [3.8, 4) is 0 Å². The van der Waals surface area contributed by atoms with E-state index in [0.29, 0.717) is 12.5 Å². The second-order valence-electron chi connectivity index (χ2n) is 6.46. The number of rotatable bonds is 2. The van der Waals surface area contributed by atoms with Crippen LogP contribution >= 0.6 is 0 Å². The Hall–Kier alpha value is -2.19. The molecule has 9 heteroatoms. The number of pyridine rings is 1. The van der Waals surface area contributed by atoms with Gasteiger partial charge in [0, 0.05) is 34.6 Å². The minimum Gasteiger partial charge on any atom is -0.359 e. The van der Waals surface area contributed by atoms with Gasteiger partial charge in [-0.2, -0.15) is 26.3 Å². The molecule has 0 bridgehead atoms. The zero-order valence-electron chi connectivity index (χ0n) is 13.9. The molecule has 2 unspecified atom stereocenters. The molecular formula is C17H16F6N2O. The molecule has 1 N–H and O–H groups in total. The van der Waals surface area contributed by atoms with E-state index in [9.17, 15) is 31.1 Å². The third-order valence-corrected chi connectivity index (χ3v) is 4.87. The molecule has 142 valence electrons. The molecule has 0 fully saturated rings.